The number of carboxylic acid groups (broad SMARTS) is 1. The Hall–Kier alpha value is -1.20. The molecule has 0 bridgehead atoms. The second-order valence-electron chi connectivity index (χ2n) is 3.95. The van der Waals surface area contributed by atoms with E-state index in [2.05, 4.69) is 4.74 Å². The van der Waals surface area contributed by atoms with Gasteiger partial charge in [-0.2, -0.15) is 4.31 Å². The summed E-state index contributed by atoms with van der Waals surface area (Å²) in [5.74, 6) is -1.91. The van der Waals surface area contributed by atoms with Gasteiger partial charge in [0.2, 0.25) is 10.0 Å². The third-order valence-corrected chi connectivity index (χ3v) is 5.55. The zero-order valence-corrected chi connectivity index (χ0v) is 14.3. The van der Waals surface area contributed by atoms with Crippen LogP contribution in [0.25, 0.3) is 0 Å². The molecule has 0 heterocycles. The molecule has 0 spiro atoms. The summed E-state index contributed by atoms with van der Waals surface area (Å²) in [5.41, 5.74) is -0.106. The Labute approximate surface area is 136 Å². The van der Waals surface area contributed by atoms with Crippen molar-refractivity contribution in [3.8, 4) is 0 Å². The summed E-state index contributed by atoms with van der Waals surface area (Å²) in [6.07, 6.45) is 0. The van der Waals surface area contributed by atoms with Gasteiger partial charge in [0, 0.05) is 10.1 Å². The van der Waals surface area contributed by atoms with Crippen molar-refractivity contribution in [2.75, 3.05) is 20.2 Å². The molecule has 0 aliphatic rings. The predicted molar refractivity (Wildman–Crippen MR) is 82.6 cm³/mol. The highest BCUT2D eigenvalue weighted by molar-refractivity contribution is 14.1. The van der Waals surface area contributed by atoms with Gasteiger partial charge in [-0.25, -0.2) is 13.2 Å². The minimum atomic E-state index is -3.96. The molecule has 7 nitrogen and oxygen atoms in total. The van der Waals surface area contributed by atoms with Crippen LogP contribution in [0.5, 0.6) is 0 Å². The van der Waals surface area contributed by atoms with E-state index < -0.39 is 28.5 Å². The lowest BCUT2D eigenvalue weighted by molar-refractivity contribution is -0.140. The van der Waals surface area contributed by atoms with Crippen molar-refractivity contribution in [2.24, 2.45) is 0 Å². The van der Waals surface area contributed by atoms with Crippen molar-refractivity contribution in [2.45, 2.75) is 11.8 Å². The number of carboxylic acids is 1. The van der Waals surface area contributed by atoms with E-state index in [1.165, 1.54) is 12.1 Å². The first-order valence-corrected chi connectivity index (χ1v) is 8.35. The van der Waals surface area contributed by atoms with E-state index in [0.29, 0.717) is 3.57 Å². The molecule has 0 aromatic heterocycles. The Morgan fingerprint density at radius 1 is 1.38 bits per heavy atom. The monoisotopic (exact) mass is 427 g/mol. The van der Waals surface area contributed by atoms with Crippen LogP contribution in [0.4, 0.5) is 0 Å². The number of nitrogens with zero attached hydrogens (tertiary/aromatic N) is 1. The molecule has 0 aliphatic carbocycles. The summed E-state index contributed by atoms with van der Waals surface area (Å²) < 4.78 is 30.7. The van der Waals surface area contributed by atoms with Gasteiger partial charge in [0.05, 0.1) is 17.6 Å². The van der Waals surface area contributed by atoms with Crippen LogP contribution in [0.2, 0.25) is 0 Å². The van der Waals surface area contributed by atoms with Crippen LogP contribution in [-0.4, -0.2) is 50.0 Å². The second-order valence-corrected chi connectivity index (χ2v) is 7.05. The molecule has 0 radical (unpaired) electrons. The largest absolute Gasteiger partial charge is 0.478 e. The van der Waals surface area contributed by atoms with Gasteiger partial charge in [0.15, 0.2) is 0 Å². The van der Waals surface area contributed by atoms with Crippen LogP contribution < -0.4 is 0 Å². The van der Waals surface area contributed by atoms with Gasteiger partial charge in [0.25, 0.3) is 0 Å². The van der Waals surface area contributed by atoms with Crippen molar-refractivity contribution in [3.63, 3.8) is 0 Å². The van der Waals surface area contributed by atoms with Gasteiger partial charge in [0.1, 0.15) is 6.54 Å². The highest BCUT2D eigenvalue weighted by Gasteiger charge is 2.27. The van der Waals surface area contributed by atoms with Crippen molar-refractivity contribution >= 4 is 44.6 Å². The van der Waals surface area contributed by atoms with Crippen LogP contribution in [0.1, 0.15) is 17.3 Å². The maximum Gasteiger partial charge on any atom is 0.336 e. The molecule has 116 valence electrons. The van der Waals surface area contributed by atoms with E-state index in [-0.39, 0.29) is 17.0 Å². The lowest BCUT2D eigenvalue weighted by Gasteiger charge is -2.19. The lowest BCUT2D eigenvalue weighted by Crippen LogP contribution is -2.36. The number of esters is 1. The predicted octanol–water partition coefficient (Wildman–Crippen LogP) is 1.17. The number of likely N-dealkylation sites (N-methyl/N-ethyl adjacent to an activating group) is 1. The van der Waals surface area contributed by atoms with E-state index in [4.69, 9.17) is 5.11 Å². The molecule has 0 amide bonds. The SMILES string of the molecule is CCN(CC(=O)OC)S(=O)(=O)c1ccc(I)c(C(=O)O)c1. The van der Waals surface area contributed by atoms with E-state index in [0.717, 1.165) is 17.5 Å². The average Bonchev–Trinajstić information content (AvgIpc) is 2.43. The van der Waals surface area contributed by atoms with E-state index in [1.807, 2.05) is 22.6 Å². The fourth-order valence-electron chi connectivity index (χ4n) is 1.55. The molecular formula is C12H14INO6S. The Balaban J connectivity index is 3.26. The van der Waals surface area contributed by atoms with Crippen molar-refractivity contribution in [1.29, 1.82) is 0 Å². The Bertz CT molecular complexity index is 658. The van der Waals surface area contributed by atoms with E-state index >= 15 is 0 Å². The lowest BCUT2D eigenvalue weighted by atomic mass is 10.2. The molecule has 1 rings (SSSR count). The second kappa shape index (κ2) is 7.18. The zero-order valence-electron chi connectivity index (χ0n) is 11.4. The van der Waals surface area contributed by atoms with Crippen LogP contribution >= 0.6 is 22.6 Å². The summed E-state index contributed by atoms with van der Waals surface area (Å²) in [5, 5.41) is 9.05. The quantitative estimate of drug-likeness (QED) is 0.541. The fourth-order valence-corrected chi connectivity index (χ4v) is 3.54. The van der Waals surface area contributed by atoms with Gasteiger partial charge in [-0.15, -0.1) is 0 Å². The van der Waals surface area contributed by atoms with Gasteiger partial charge in [-0.05, 0) is 40.8 Å². The number of aromatic carboxylic acids is 1. The number of methoxy groups -OCH3 is 1. The zero-order chi connectivity index (χ0) is 16.2. The molecule has 0 fully saturated rings. The summed E-state index contributed by atoms with van der Waals surface area (Å²) in [7, 11) is -2.80. The smallest absolute Gasteiger partial charge is 0.336 e. The molecule has 0 saturated heterocycles. The van der Waals surface area contributed by atoms with Crippen LogP contribution in [0.3, 0.4) is 0 Å². The van der Waals surface area contributed by atoms with Gasteiger partial charge in [-0.1, -0.05) is 6.92 Å². The average molecular weight is 427 g/mol. The topological polar surface area (TPSA) is 101 Å². The summed E-state index contributed by atoms with van der Waals surface area (Å²) in [6, 6.07) is 3.80. The molecular weight excluding hydrogens is 413 g/mol. The first-order chi connectivity index (χ1) is 9.73. The standard InChI is InChI=1S/C12H14INO6S/c1-3-14(7-11(15)20-2)21(18,19)8-4-5-10(13)9(6-8)12(16)17/h4-6H,3,7H2,1-2H3,(H,16,17). The summed E-state index contributed by atoms with van der Waals surface area (Å²) >= 11 is 1.81. The van der Waals surface area contributed by atoms with E-state index in [9.17, 15) is 18.0 Å². The maximum atomic E-state index is 12.4. The Morgan fingerprint density at radius 2 is 2.00 bits per heavy atom. The molecule has 0 aliphatic heterocycles. The molecule has 0 saturated carbocycles. The van der Waals surface area contributed by atoms with Crippen LogP contribution in [-0.2, 0) is 19.6 Å². The number of sulfonamides is 1. The van der Waals surface area contributed by atoms with Crippen molar-refractivity contribution in [1.82, 2.24) is 4.31 Å². The minimum Gasteiger partial charge on any atom is -0.478 e. The number of hydrogen-bond donors (Lipinski definition) is 1. The molecule has 1 aromatic carbocycles. The molecule has 1 aromatic rings. The number of carbonyl (C=O) groups is 2. The van der Waals surface area contributed by atoms with Crippen molar-refractivity contribution < 1.29 is 27.9 Å². The molecule has 0 unspecified atom stereocenters. The molecule has 9 heteroatoms. The number of halogens is 1. The number of ether oxygens (including phenoxy) is 1. The maximum absolute atomic E-state index is 12.4. The summed E-state index contributed by atoms with van der Waals surface area (Å²) in [4.78, 5) is 22.2. The molecule has 1 N–H and O–H groups in total. The van der Waals surface area contributed by atoms with Gasteiger partial charge in [-0.3, -0.25) is 4.79 Å². The number of benzene rings is 1. The highest BCUT2D eigenvalue weighted by atomic mass is 127. The van der Waals surface area contributed by atoms with Crippen molar-refractivity contribution in [3.05, 3.63) is 27.3 Å². The Morgan fingerprint density at radius 3 is 2.48 bits per heavy atom. The van der Waals surface area contributed by atoms with Crippen LogP contribution in [0.15, 0.2) is 23.1 Å². The minimum absolute atomic E-state index is 0.0613. The Kier molecular flexibility index (Phi) is 6.10. The number of rotatable bonds is 6. The third kappa shape index (κ3) is 4.14. The van der Waals surface area contributed by atoms with Crippen LogP contribution in [0, 0.1) is 3.57 Å². The van der Waals surface area contributed by atoms with Gasteiger partial charge < -0.3 is 9.84 Å². The molecule has 0 atom stereocenters. The third-order valence-electron chi connectivity index (χ3n) is 2.69. The first-order valence-electron chi connectivity index (χ1n) is 5.83. The fraction of sp³-hybridized carbons (Fsp3) is 0.333. The number of hydrogen-bond acceptors (Lipinski definition) is 5. The normalized spacial score (nSPS) is 11.4. The highest BCUT2D eigenvalue weighted by Crippen LogP contribution is 2.21. The number of carbonyl (C=O) groups excluding carboxylic acids is 1. The molecule has 21 heavy (non-hydrogen) atoms. The van der Waals surface area contributed by atoms with E-state index in [1.54, 1.807) is 6.92 Å². The van der Waals surface area contributed by atoms with Gasteiger partial charge >= 0.3 is 11.9 Å². The first kappa shape index (κ1) is 17.9. The summed E-state index contributed by atoms with van der Waals surface area (Å²) in [6.45, 7) is 1.21.